The number of hydrogen-bond donors (Lipinski definition) is 3. The Morgan fingerprint density at radius 1 is 0.941 bits per heavy atom. The van der Waals surface area contributed by atoms with Gasteiger partial charge in [-0.2, -0.15) is 8.78 Å². The number of carbonyl (C=O) groups excluding carboxylic acids is 3. The zero-order valence-electron chi connectivity index (χ0n) is 28.7. The summed E-state index contributed by atoms with van der Waals surface area (Å²) in [4.78, 5) is 65.0. The van der Waals surface area contributed by atoms with E-state index in [0.29, 0.717) is 24.2 Å². The van der Waals surface area contributed by atoms with Crippen molar-refractivity contribution in [2.24, 2.45) is 5.41 Å². The minimum Gasteiger partial charge on any atom is -0.340 e. The highest BCUT2D eigenvalue weighted by molar-refractivity contribution is 7.52. The average Bonchev–Trinajstić information content (AvgIpc) is 3.37. The van der Waals surface area contributed by atoms with Crippen LogP contribution in [0.2, 0.25) is 0 Å². The van der Waals surface area contributed by atoms with E-state index in [4.69, 9.17) is 0 Å². The third-order valence-electron chi connectivity index (χ3n) is 9.91. The minimum atomic E-state index is -5.78. The molecule has 51 heavy (non-hydrogen) atoms. The van der Waals surface area contributed by atoms with Gasteiger partial charge in [0.1, 0.15) is 12.1 Å². The van der Waals surface area contributed by atoms with Crippen LogP contribution < -0.4 is 5.32 Å². The molecule has 3 heterocycles. The minimum absolute atomic E-state index is 0.118. The summed E-state index contributed by atoms with van der Waals surface area (Å²) in [5.41, 5.74) is -2.93. The lowest BCUT2D eigenvalue weighted by molar-refractivity contribution is -0.149. The molecule has 6 rings (SSSR count). The third kappa shape index (κ3) is 7.65. The van der Waals surface area contributed by atoms with Gasteiger partial charge in [0.2, 0.25) is 11.8 Å². The zero-order valence-corrected chi connectivity index (χ0v) is 30.4. The van der Waals surface area contributed by atoms with Crippen LogP contribution in [0.1, 0.15) is 77.9 Å². The summed E-state index contributed by atoms with van der Waals surface area (Å²) in [5, 5.41) is 3.09. The van der Waals surface area contributed by atoms with E-state index in [1.165, 1.54) is 17.7 Å². The van der Waals surface area contributed by atoms with Crippen LogP contribution in [-0.4, -0.2) is 62.5 Å². The van der Waals surface area contributed by atoms with Crippen molar-refractivity contribution in [3.05, 3.63) is 106 Å². The van der Waals surface area contributed by atoms with Gasteiger partial charge >= 0.3 is 13.3 Å². The van der Waals surface area contributed by atoms with Crippen molar-refractivity contribution in [1.82, 2.24) is 15.1 Å². The third-order valence-corrected chi connectivity index (χ3v) is 12.0. The maximum absolute atomic E-state index is 14.7. The standard InChI is InChI=1S/C38H42F2N3O6PS/c1-37(2,3)33(41-34(44)32-21-28-19-29(16-17-31(28)51-32)38(39,40)50(47,48)49)36(46)43-23-27-14-8-7-13-25(27)20-30(43)35(45)42-18-10-9-15-26(22-42)24-11-5-4-6-12-24/h4-8,11-14,16-17,19,21,26,30,33H,9-10,15,18,20,22-23H2,1-3H3,(H,41,44)(H2,47,48,49)/t26?,30-,33+/m0/s1. The summed E-state index contributed by atoms with van der Waals surface area (Å²) < 4.78 is 40.8. The number of hydrogen-bond acceptors (Lipinski definition) is 5. The molecule has 4 aromatic rings. The normalized spacial score (nSPS) is 19.3. The van der Waals surface area contributed by atoms with E-state index < -0.39 is 48.1 Å². The number of fused-ring (bicyclic) bond motifs is 2. The Balaban J connectivity index is 1.28. The topological polar surface area (TPSA) is 127 Å². The molecular weight excluding hydrogens is 695 g/mol. The molecule has 3 atom stereocenters. The Morgan fingerprint density at radius 2 is 1.63 bits per heavy atom. The van der Waals surface area contributed by atoms with Crippen molar-refractivity contribution >= 4 is 46.7 Å². The molecule has 1 fully saturated rings. The van der Waals surface area contributed by atoms with Crippen LogP contribution in [0.4, 0.5) is 8.78 Å². The lowest BCUT2D eigenvalue weighted by atomic mass is 9.84. The van der Waals surface area contributed by atoms with Crippen molar-refractivity contribution in [2.45, 2.75) is 76.7 Å². The predicted octanol–water partition coefficient (Wildman–Crippen LogP) is 7.02. The molecule has 2 aliphatic rings. The van der Waals surface area contributed by atoms with E-state index in [2.05, 4.69) is 17.4 Å². The van der Waals surface area contributed by atoms with Gasteiger partial charge in [-0.05, 0) is 58.5 Å². The number of benzene rings is 3. The van der Waals surface area contributed by atoms with Gasteiger partial charge in [-0.3, -0.25) is 18.9 Å². The van der Waals surface area contributed by atoms with Crippen LogP contribution in [0.3, 0.4) is 0 Å². The highest BCUT2D eigenvalue weighted by atomic mass is 32.1. The van der Waals surface area contributed by atoms with Crippen molar-refractivity contribution in [1.29, 1.82) is 0 Å². The van der Waals surface area contributed by atoms with Gasteiger partial charge in [0, 0.05) is 42.2 Å². The molecule has 0 saturated carbocycles. The molecule has 0 bridgehead atoms. The highest BCUT2D eigenvalue weighted by Crippen LogP contribution is 2.59. The van der Waals surface area contributed by atoms with Crippen molar-refractivity contribution < 1.29 is 37.5 Å². The quantitative estimate of drug-likeness (QED) is 0.175. The second kappa shape index (κ2) is 14.2. The van der Waals surface area contributed by atoms with Gasteiger partial charge in [0.15, 0.2) is 0 Å². The second-order valence-electron chi connectivity index (χ2n) is 14.6. The van der Waals surface area contributed by atoms with Crippen molar-refractivity contribution in [3.63, 3.8) is 0 Å². The number of alkyl halides is 2. The zero-order chi connectivity index (χ0) is 36.7. The Kier molecular flexibility index (Phi) is 10.3. The molecule has 3 aromatic carbocycles. The Bertz CT molecular complexity index is 1990. The predicted molar refractivity (Wildman–Crippen MR) is 193 cm³/mol. The van der Waals surface area contributed by atoms with E-state index >= 15 is 0 Å². The first-order valence-corrected chi connectivity index (χ1v) is 19.5. The highest BCUT2D eigenvalue weighted by Gasteiger charge is 2.50. The lowest BCUT2D eigenvalue weighted by Crippen LogP contribution is -2.61. The number of halogens is 2. The molecule has 1 aromatic heterocycles. The number of nitrogens with zero attached hydrogens (tertiary/aromatic N) is 2. The fourth-order valence-electron chi connectivity index (χ4n) is 7.05. The van der Waals surface area contributed by atoms with Crippen molar-refractivity contribution in [3.8, 4) is 0 Å². The van der Waals surface area contributed by atoms with Crippen LogP contribution in [0.15, 0.2) is 78.9 Å². The molecular formula is C38H42F2N3O6PS. The number of likely N-dealkylation sites (tertiary alicyclic amines) is 1. The van der Waals surface area contributed by atoms with E-state index in [9.17, 15) is 37.5 Å². The van der Waals surface area contributed by atoms with E-state index in [1.807, 2.05) is 68.1 Å². The van der Waals surface area contributed by atoms with E-state index in [0.717, 1.165) is 53.9 Å². The fourth-order valence-corrected chi connectivity index (χ4v) is 8.47. The number of carbonyl (C=O) groups is 3. The fraction of sp³-hybridized carbons (Fsp3) is 0.395. The van der Waals surface area contributed by atoms with Gasteiger partial charge in [-0.1, -0.05) is 87.9 Å². The summed E-state index contributed by atoms with van der Waals surface area (Å²) in [7, 11) is -5.78. The molecule has 13 heteroatoms. The maximum Gasteiger partial charge on any atom is 0.399 e. The average molecular weight is 738 g/mol. The number of nitrogens with one attached hydrogen (secondary N) is 1. The first-order chi connectivity index (χ1) is 24.0. The number of amides is 3. The number of thiophene rings is 1. The van der Waals surface area contributed by atoms with E-state index in [1.54, 1.807) is 4.90 Å². The molecule has 1 saturated heterocycles. The molecule has 270 valence electrons. The SMILES string of the molecule is CC(C)(C)[C@H](NC(=O)c1cc2cc(C(F)(F)P(=O)(O)O)ccc2s1)C(=O)N1Cc2ccccc2C[C@H]1C(=O)N1CCCCC(c2ccccc2)C1. The van der Waals surface area contributed by atoms with Gasteiger partial charge in [0.25, 0.3) is 5.91 Å². The summed E-state index contributed by atoms with van der Waals surface area (Å²) in [6.07, 6.45) is 3.16. The summed E-state index contributed by atoms with van der Waals surface area (Å²) in [6.45, 7) is 6.82. The van der Waals surface area contributed by atoms with E-state index in [-0.39, 0.29) is 28.6 Å². The largest absolute Gasteiger partial charge is 0.399 e. The second-order valence-corrected chi connectivity index (χ2v) is 17.3. The van der Waals surface area contributed by atoms with Crippen LogP contribution in [0, 0.1) is 5.41 Å². The molecule has 0 spiro atoms. The Hall–Kier alpha value is -3.96. The summed E-state index contributed by atoms with van der Waals surface area (Å²) >= 11 is 1.01. The Labute approximate surface area is 299 Å². The summed E-state index contributed by atoms with van der Waals surface area (Å²) in [6, 6.07) is 20.6. The molecule has 9 nitrogen and oxygen atoms in total. The maximum atomic E-state index is 14.7. The molecule has 0 aliphatic carbocycles. The van der Waals surface area contributed by atoms with Gasteiger partial charge < -0.3 is 24.9 Å². The van der Waals surface area contributed by atoms with Crippen molar-refractivity contribution in [2.75, 3.05) is 13.1 Å². The molecule has 3 amide bonds. The first-order valence-electron chi connectivity index (χ1n) is 17.0. The number of rotatable bonds is 7. The van der Waals surface area contributed by atoms with Crippen LogP contribution >= 0.6 is 18.9 Å². The Morgan fingerprint density at radius 3 is 2.31 bits per heavy atom. The van der Waals surface area contributed by atoms with Gasteiger partial charge in [0.05, 0.1) is 4.88 Å². The van der Waals surface area contributed by atoms with Crippen LogP contribution in [-0.2, 0) is 32.8 Å². The molecule has 2 aliphatic heterocycles. The molecule has 0 radical (unpaired) electrons. The van der Waals surface area contributed by atoms with Gasteiger partial charge in [-0.15, -0.1) is 11.3 Å². The van der Waals surface area contributed by atoms with Crippen LogP contribution in [0.25, 0.3) is 10.1 Å². The van der Waals surface area contributed by atoms with Gasteiger partial charge in [-0.25, -0.2) is 0 Å². The monoisotopic (exact) mass is 737 g/mol. The summed E-state index contributed by atoms with van der Waals surface area (Å²) in [5.74, 6) is -0.944. The smallest absolute Gasteiger partial charge is 0.340 e. The molecule has 3 N–H and O–H groups in total. The first kappa shape index (κ1) is 36.8. The van der Waals surface area contributed by atoms with Crippen LogP contribution in [0.5, 0.6) is 0 Å². The lowest BCUT2D eigenvalue weighted by Gasteiger charge is -2.42. The molecule has 1 unspecified atom stereocenters.